The van der Waals surface area contributed by atoms with Gasteiger partial charge in [-0.15, -0.1) is 0 Å². The van der Waals surface area contributed by atoms with Crippen molar-refractivity contribution in [2.45, 2.75) is 39.2 Å². The van der Waals surface area contributed by atoms with E-state index in [1.165, 1.54) is 6.92 Å². The number of carboxylic acids is 1. The molecule has 0 bridgehead atoms. The molecule has 0 saturated carbocycles. The fourth-order valence-corrected chi connectivity index (χ4v) is 1.54. The van der Waals surface area contributed by atoms with E-state index < -0.39 is 17.9 Å². The zero-order valence-corrected chi connectivity index (χ0v) is 11.0. The number of ketones is 1. The Labute approximate surface area is 107 Å². The topological polar surface area (TPSA) is 92.4 Å². The van der Waals surface area contributed by atoms with E-state index in [0.717, 1.165) is 12.8 Å². The van der Waals surface area contributed by atoms with Gasteiger partial charge in [0.25, 0.3) is 0 Å². The molecule has 0 aromatic heterocycles. The number of carbonyl (C=O) groups excluding carboxylic acids is 1. The van der Waals surface area contributed by atoms with Gasteiger partial charge in [0.2, 0.25) is 0 Å². The molecule has 0 fully saturated rings. The first kappa shape index (κ1) is 16.0. The number of nitrogens with one attached hydrogen (secondary N) is 1. The normalized spacial score (nSPS) is 13.8. The van der Waals surface area contributed by atoms with Crippen LogP contribution in [0.4, 0.5) is 0 Å². The minimum absolute atomic E-state index is 0.0754. The molecule has 0 aliphatic carbocycles. The fraction of sp³-hybridized carbons (Fsp3) is 0.727. The van der Waals surface area contributed by atoms with Crippen molar-refractivity contribution in [1.29, 1.82) is 0 Å². The lowest BCUT2D eigenvalue weighted by Gasteiger charge is -2.18. The largest absolute Gasteiger partial charge is 0.480 e. The SMILES string of the molecule is CC(=O)[C@H](C)C(=S)NC(CCCCN)C(=O)O. The lowest BCUT2D eigenvalue weighted by molar-refractivity contribution is -0.139. The number of nitrogens with two attached hydrogens (primary N) is 1. The molecule has 6 heteroatoms. The number of hydrogen-bond donors (Lipinski definition) is 3. The highest BCUT2D eigenvalue weighted by Gasteiger charge is 2.21. The predicted molar refractivity (Wildman–Crippen MR) is 69.9 cm³/mol. The average Bonchev–Trinajstić information content (AvgIpc) is 2.26. The van der Waals surface area contributed by atoms with E-state index in [4.69, 9.17) is 23.1 Å². The van der Waals surface area contributed by atoms with E-state index in [-0.39, 0.29) is 10.8 Å². The number of hydrogen-bond acceptors (Lipinski definition) is 4. The van der Waals surface area contributed by atoms with Crippen LogP contribution in [0.2, 0.25) is 0 Å². The summed E-state index contributed by atoms with van der Waals surface area (Å²) in [5.41, 5.74) is 5.34. The molecule has 0 radical (unpaired) electrons. The summed E-state index contributed by atoms with van der Waals surface area (Å²) in [6.07, 6.45) is 1.95. The van der Waals surface area contributed by atoms with Crippen molar-refractivity contribution in [3.05, 3.63) is 0 Å². The number of carboxylic acid groups (broad SMARTS) is 1. The van der Waals surface area contributed by atoms with E-state index in [2.05, 4.69) is 5.32 Å². The fourth-order valence-electron chi connectivity index (χ4n) is 1.23. The van der Waals surface area contributed by atoms with Crippen LogP contribution in [0.25, 0.3) is 0 Å². The molecule has 0 heterocycles. The van der Waals surface area contributed by atoms with Crippen LogP contribution in [0.1, 0.15) is 33.1 Å². The molecule has 0 aliphatic heterocycles. The van der Waals surface area contributed by atoms with Crippen molar-refractivity contribution in [3.8, 4) is 0 Å². The Morgan fingerprint density at radius 1 is 1.41 bits per heavy atom. The van der Waals surface area contributed by atoms with Gasteiger partial charge in [-0.1, -0.05) is 12.2 Å². The molecule has 0 saturated heterocycles. The Morgan fingerprint density at radius 3 is 2.41 bits per heavy atom. The van der Waals surface area contributed by atoms with Crippen molar-refractivity contribution in [2.24, 2.45) is 11.7 Å². The van der Waals surface area contributed by atoms with E-state index in [1.54, 1.807) is 6.92 Å². The number of rotatable bonds is 8. The molecule has 4 N–H and O–H groups in total. The minimum atomic E-state index is -0.958. The third-order valence-electron chi connectivity index (χ3n) is 2.56. The standard InChI is InChI=1S/C11H20N2O3S/c1-7(8(2)14)10(17)13-9(11(15)16)5-3-4-6-12/h7,9H,3-6,12H2,1-2H3,(H,13,17)(H,15,16)/t7-,9?/m0/s1. The van der Waals surface area contributed by atoms with Crippen molar-refractivity contribution in [3.63, 3.8) is 0 Å². The maximum atomic E-state index is 11.1. The summed E-state index contributed by atoms with van der Waals surface area (Å²) in [6, 6.07) is -0.740. The zero-order valence-electron chi connectivity index (χ0n) is 10.2. The summed E-state index contributed by atoms with van der Waals surface area (Å²) >= 11 is 5.01. The molecule has 5 nitrogen and oxygen atoms in total. The smallest absolute Gasteiger partial charge is 0.326 e. The molecule has 0 amide bonds. The van der Waals surface area contributed by atoms with Crippen LogP contribution in [0.15, 0.2) is 0 Å². The first-order chi connectivity index (χ1) is 7.90. The highest BCUT2D eigenvalue weighted by Crippen LogP contribution is 2.05. The summed E-state index contributed by atoms with van der Waals surface area (Å²) in [7, 11) is 0. The molecule has 1 unspecified atom stereocenters. The number of thiocarbonyl (C=S) groups is 1. The van der Waals surface area contributed by atoms with E-state index in [9.17, 15) is 9.59 Å². The Kier molecular flexibility index (Phi) is 7.65. The molecule has 0 spiro atoms. The van der Waals surface area contributed by atoms with E-state index in [1.807, 2.05) is 0 Å². The highest BCUT2D eigenvalue weighted by atomic mass is 32.1. The summed E-state index contributed by atoms with van der Waals surface area (Å²) in [6.45, 7) is 3.64. The van der Waals surface area contributed by atoms with Crippen LogP contribution in [0, 0.1) is 5.92 Å². The quantitative estimate of drug-likeness (QED) is 0.440. The van der Waals surface area contributed by atoms with Crippen molar-refractivity contribution in [2.75, 3.05) is 6.54 Å². The van der Waals surface area contributed by atoms with Gasteiger partial charge >= 0.3 is 5.97 Å². The van der Waals surface area contributed by atoms with Gasteiger partial charge in [0.15, 0.2) is 0 Å². The Morgan fingerprint density at radius 2 is 2.00 bits per heavy atom. The molecular weight excluding hydrogens is 240 g/mol. The summed E-state index contributed by atoms with van der Waals surface area (Å²) in [4.78, 5) is 22.4. The zero-order chi connectivity index (χ0) is 13.4. The molecule has 0 aromatic carbocycles. The van der Waals surface area contributed by atoms with Gasteiger partial charge in [0.1, 0.15) is 11.8 Å². The molecule has 0 aromatic rings. The average molecular weight is 260 g/mol. The molecule has 0 rings (SSSR count). The van der Waals surface area contributed by atoms with Gasteiger partial charge in [-0.2, -0.15) is 0 Å². The second-order valence-corrected chi connectivity index (χ2v) is 4.46. The number of aliphatic carboxylic acids is 1. The van der Waals surface area contributed by atoms with Crippen LogP contribution in [0.3, 0.4) is 0 Å². The maximum absolute atomic E-state index is 11.1. The van der Waals surface area contributed by atoms with Gasteiger partial charge in [0, 0.05) is 0 Å². The van der Waals surface area contributed by atoms with Gasteiger partial charge in [0.05, 0.1) is 10.9 Å². The van der Waals surface area contributed by atoms with Crippen LogP contribution in [0.5, 0.6) is 0 Å². The van der Waals surface area contributed by atoms with Crippen LogP contribution < -0.4 is 11.1 Å². The number of Topliss-reactive ketones (excluding diaryl/α,β-unsaturated/α-hetero) is 1. The highest BCUT2D eigenvalue weighted by molar-refractivity contribution is 7.80. The Bertz CT molecular complexity index is 294. The summed E-state index contributed by atoms with van der Waals surface area (Å²) in [5.74, 6) is -1.48. The lowest BCUT2D eigenvalue weighted by atomic mass is 10.1. The second-order valence-electron chi connectivity index (χ2n) is 4.02. The van der Waals surface area contributed by atoms with Crippen molar-refractivity contribution >= 4 is 29.0 Å². The minimum Gasteiger partial charge on any atom is -0.480 e. The first-order valence-corrected chi connectivity index (χ1v) is 6.04. The Balaban J connectivity index is 4.29. The summed E-state index contributed by atoms with van der Waals surface area (Å²) in [5, 5.41) is 11.7. The maximum Gasteiger partial charge on any atom is 0.326 e. The van der Waals surface area contributed by atoms with Crippen molar-refractivity contribution in [1.82, 2.24) is 5.32 Å². The van der Waals surface area contributed by atoms with Gasteiger partial charge in [-0.3, -0.25) is 4.79 Å². The first-order valence-electron chi connectivity index (χ1n) is 5.63. The predicted octanol–water partition coefficient (Wildman–Crippen LogP) is 0.711. The van der Waals surface area contributed by atoms with Gasteiger partial charge in [-0.05, 0) is 39.7 Å². The molecule has 2 atom stereocenters. The van der Waals surface area contributed by atoms with Crippen LogP contribution in [-0.2, 0) is 9.59 Å². The lowest BCUT2D eigenvalue weighted by Crippen LogP contribution is -2.43. The van der Waals surface area contributed by atoms with Crippen LogP contribution >= 0.6 is 12.2 Å². The van der Waals surface area contributed by atoms with Gasteiger partial charge in [-0.25, -0.2) is 4.79 Å². The molecule has 17 heavy (non-hydrogen) atoms. The molecule has 0 aliphatic rings. The Hall–Kier alpha value is -1.01. The molecule has 98 valence electrons. The monoisotopic (exact) mass is 260 g/mol. The second kappa shape index (κ2) is 8.14. The van der Waals surface area contributed by atoms with Crippen molar-refractivity contribution < 1.29 is 14.7 Å². The molecular formula is C11H20N2O3S. The third-order valence-corrected chi connectivity index (χ3v) is 3.04. The number of carbonyl (C=O) groups is 2. The van der Waals surface area contributed by atoms with Gasteiger partial charge < -0.3 is 16.2 Å². The van der Waals surface area contributed by atoms with Crippen LogP contribution in [-0.4, -0.2) is 34.4 Å². The third kappa shape index (κ3) is 6.33. The number of unbranched alkanes of at least 4 members (excludes halogenated alkanes) is 1. The van der Waals surface area contributed by atoms with E-state index >= 15 is 0 Å². The van der Waals surface area contributed by atoms with E-state index in [0.29, 0.717) is 13.0 Å². The summed E-state index contributed by atoms with van der Waals surface area (Å²) < 4.78 is 0.